The summed E-state index contributed by atoms with van der Waals surface area (Å²) in [5.74, 6) is 0. The Bertz CT molecular complexity index is 264. The molecule has 1 aromatic heterocycles. The highest BCUT2D eigenvalue weighted by atomic mass is 15.1. The molecule has 0 radical (unpaired) electrons. The van der Waals surface area contributed by atoms with Gasteiger partial charge in [-0.25, -0.2) is 0 Å². The molecule has 12 heavy (non-hydrogen) atoms. The smallest absolute Gasteiger partial charge is 0.0646 e. The zero-order valence-corrected chi connectivity index (χ0v) is 8.02. The van der Waals surface area contributed by atoms with E-state index < -0.39 is 0 Å². The standard InChI is InChI=1S/C8H10N2.C2H6.H2/c1-4-8-7(6(2)3)5-9-10-8;1-2;/h4-5H,1-2H2,3H3,(H,9,10);1-2H3;1H. The first-order chi connectivity index (χ1) is 5.75. The van der Waals surface area contributed by atoms with Crippen molar-refractivity contribution in [2.45, 2.75) is 20.8 Å². The molecule has 0 amide bonds. The van der Waals surface area contributed by atoms with Gasteiger partial charge in [0.15, 0.2) is 0 Å². The summed E-state index contributed by atoms with van der Waals surface area (Å²) in [6.07, 6.45) is 3.48. The number of allylic oxidation sites excluding steroid dienone is 1. The molecule has 1 heterocycles. The lowest BCUT2D eigenvalue weighted by Crippen LogP contribution is -1.77. The van der Waals surface area contributed by atoms with Gasteiger partial charge in [0.25, 0.3) is 0 Å². The zero-order chi connectivity index (χ0) is 9.56. The second kappa shape index (κ2) is 5.35. The monoisotopic (exact) mass is 166 g/mol. The van der Waals surface area contributed by atoms with Gasteiger partial charge in [-0.1, -0.05) is 27.0 Å². The lowest BCUT2D eigenvalue weighted by Gasteiger charge is -1.93. The fraction of sp³-hybridized carbons (Fsp3) is 0.300. The molecule has 1 rings (SSSR count). The number of rotatable bonds is 2. The number of hydrogen-bond acceptors (Lipinski definition) is 1. The third-order valence-electron chi connectivity index (χ3n) is 1.33. The highest BCUT2D eigenvalue weighted by Gasteiger charge is 1.99. The molecule has 0 aliphatic heterocycles. The van der Waals surface area contributed by atoms with E-state index in [4.69, 9.17) is 0 Å². The molecule has 0 spiro atoms. The predicted molar refractivity (Wildman–Crippen MR) is 56.8 cm³/mol. The van der Waals surface area contributed by atoms with Crippen LogP contribution in [0.3, 0.4) is 0 Å². The van der Waals surface area contributed by atoms with E-state index in [0.717, 1.165) is 16.8 Å². The summed E-state index contributed by atoms with van der Waals surface area (Å²) in [6, 6.07) is 0. The Balaban J connectivity index is 0. The summed E-state index contributed by atoms with van der Waals surface area (Å²) < 4.78 is 0. The lowest BCUT2D eigenvalue weighted by atomic mass is 10.1. The van der Waals surface area contributed by atoms with Gasteiger partial charge in [-0.2, -0.15) is 5.10 Å². The molecular weight excluding hydrogens is 148 g/mol. The van der Waals surface area contributed by atoms with Crippen LogP contribution in [0.15, 0.2) is 19.4 Å². The van der Waals surface area contributed by atoms with Crippen molar-refractivity contribution < 1.29 is 1.43 Å². The average molecular weight is 166 g/mol. The minimum Gasteiger partial charge on any atom is -0.278 e. The average Bonchev–Trinajstić information content (AvgIpc) is 2.55. The third kappa shape index (κ3) is 2.38. The molecule has 0 saturated carbocycles. The summed E-state index contributed by atoms with van der Waals surface area (Å²) in [5, 5.41) is 6.66. The van der Waals surface area contributed by atoms with Crippen LogP contribution in [-0.4, -0.2) is 10.2 Å². The van der Waals surface area contributed by atoms with Crippen molar-refractivity contribution in [2.75, 3.05) is 0 Å². The van der Waals surface area contributed by atoms with Crippen LogP contribution in [0.2, 0.25) is 0 Å². The Morgan fingerprint density at radius 1 is 1.67 bits per heavy atom. The fourth-order valence-corrected chi connectivity index (χ4v) is 0.792. The number of aromatic amines is 1. The fourth-order valence-electron chi connectivity index (χ4n) is 0.792. The van der Waals surface area contributed by atoms with E-state index in [2.05, 4.69) is 23.4 Å². The molecule has 0 aromatic carbocycles. The maximum absolute atomic E-state index is 3.86. The molecule has 0 aliphatic carbocycles. The molecule has 2 heteroatoms. The Morgan fingerprint density at radius 2 is 2.25 bits per heavy atom. The van der Waals surface area contributed by atoms with E-state index in [9.17, 15) is 0 Å². The quantitative estimate of drug-likeness (QED) is 0.717. The number of nitrogens with one attached hydrogen (secondary N) is 1. The first-order valence-electron chi connectivity index (χ1n) is 4.07. The summed E-state index contributed by atoms with van der Waals surface area (Å²) in [4.78, 5) is 0. The Labute approximate surface area is 75.5 Å². The van der Waals surface area contributed by atoms with Crippen LogP contribution in [0.5, 0.6) is 0 Å². The molecule has 0 fully saturated rings. The first kappa shape index (κ1) is 10.7. The summed E-state index contributed by atoms with van der Waals surface area (Å²) in [6.45, 7) is 13.4. The number of aromatic nitrogens is 2. The van der Waals surface area contributed by atoms with Crippen molar-refractivity contribution in [2.24, 2.45) is 0 Å². The van der Waals surface area contributed by atoms with Gasteiger partial charge >= 0.3 is 0 Å². The van der Waals surface area contributed by atoms with Gasteiger partial charge in [0.2, 0.25) is 0 Å². The van der Waals surface area contributed by atoms with Gasteiger partial charge in [0.05, 0.1) is 11.9 Å². The van der Waals surface area contributed by atoms with Crippen LogP contribution in [0.1, 0.15) is 33.5 Å². The molecule has 0 saturated heterocycles. The highest BCUT2D eigenvalue weighted by Crippen LogP contribution is 2.14. The van der Waals surface area contributed by atoms with E-state index in [0.29, 0.717) is 0 Å². The van der Waals surface area contributed by atoms with E-state index in [-0.39, 0.29) is 1.43 Å². The van der Waals surface area contributed by atoms with Gasteiger partial charge in [-0.15, -0.1) is 0 Å². The molecule has 0 bridgehead atoms. The SMILES string of the molecule is C=Cc1[nH]ncc1C(=C)C.CC.[HH]. The van der Waals surface area contributed by atoms with Crippen LogP contribution >= 0.6 is 0 Å². The van der Waals surface area contributed by atoms with Crippen molar-refractivity contribution >= 4 is 11.6 Å². The third-order valence-corrected chi connectivity index (χ3v) is 1.33. The minimum absolute atomic E-state index is 0. The Kier molecular flexibility index (Phi) is 4.77. The highest BCUT2D eigenvalue weighted by molar-refractivity contribution is 5.68. The molecular formula is C10H18N2. The van der Waals surface area contributed by atoms with Gasteiger partial charge in [-0.05, 0) is 18.6 Å². The van der Waals surface area contributed by atoms with Crippen molar-refractivity contribution in [1.82, 2.24) is 10.2 Å². The minimum atomic E-state index is 0. The van der Waals surface area contributed by atoms with Crippen LogP contribution in [0.4, 0.5) is 0 Å². The Morgan fingerprint density at radius 3 is 2.58 bits per heavy atom. The molecule has 0 aliphatic rings. The number of nitrogens with zero attached hydrogens (tertiary/aromatic N) is 1. The van der Waals surface area contributed by atoms with Gasteiger partial charge in [0, 0.05) is 6.99 Å². The Hall–Kier alpha value is -1.31. The first-order valence-corrected chi connectivity index (χ1v) is 4.07. The number of H-pyrrole nitrogens is 1. The molecule has 1 N–H and O–H groups in total. The molecule has 1 aromatic rings. The van der Waals surface area contributed by atoms with Crippen molar-refractivity contribution in [3.05, 3.63) is 30.6 Å². The second-order valence-electron chi connectivity index (χ2n) is 2.18. The largest absolute Gasteiger partial charge is 0.278 e. The van der Waals surface area contributed by atoms with E-state index in [1.54, 1.807) is 12.3 Å². The molecule has 0 unspecified atom stereocenters. The van der Waals surface area contributed by atoms with Gasteiger partial charge < -0.3 is 0 Å². The van der Waals surface area contributed by atoms with Crippen molar-refractivity contribution in [3.8, 4) is 0 Å². The maximum Gasteiger partial charge on any atom is 0.0646 e. The molecule has 2 nitrogen and oxygen atoms in total. The lowest BCUT2D eigenvalue weighted by molar-refractivity contribution is 1.08. The topological polar surface area (TPSA) is 28.7 Å². The number of hydrogen-bond donors (Lipinski definition) is 1. The van der Waals surface area contributed by atoms with E-state index in [1.807, 2.05) is 20.8 Å². The summed E-state index contributed by atoms with van der Waals surface area (Å²) in [7, 11) is 0. The van der Waals surface area contributed by atoms with Crippen LogP contribution in [-0.2, 0) is 0 Å². The van der Waals surface area contributed by atoms with E-state index in [1.165, 1.54) is 0 Å². The van der Waals surface area contributed by atoms with E-state index >= 15 is 0 Å². The van der Waals surface area contributed by atoms with Crippen molar-refractivity contribution in [3.63, 3.8) is 0 Å². The van der Waals surface area contributed by atoms with Gasteiger partial charge in [0.1, 0.15) is 0 Å². The summed E-state index contributed by atoms with van der Waals surface area (Å²) >= 11 is 0. The second-order valence-corrected chi connectivity index (χ2v) is 2.18. The normalized spacial score (nSPS) is 8.25. The zero-order valence-electron chi connectivity index (χ0n) is 8.02. The molecule has 68 valence electrons. The molecule has 0 atom stereocenters. The predicted octanol–water partition coefficient (Wildman–Crippen LogP) is 3.36. The van der Waals surface area contributed by atoms with Gasteiger partial charge in [-0.3, -0.25) is 5.10 Å². The van der Waals surface area contributed by atoms with Crippen molar-refractivity contribution in [1.29, 1.82) is 0 Å². The van der Waals surface area contributed by atoms with Crippen LogP contribution in [0.25, 0.3) is 11.6 Å². The van der Waals surface area contributed by atoms with Crippen LogP contribution in [0, 0.1) is 0 Å². The van der Waals surface area contributed by atoms with Crippen LogP contribution < -0.4 is 0 Å². The summed E-state index contributed by atoms with van der Waals surface area (Å²) in [5.41, 5.74) is 2.98. The maximum atomic E-state index is 3.86.